The first-order valence-electron chi connectivity index (χ1n) is 6.68. The quantitative estimate of drug-likeness (QED) is 0.907. The van der Waals surface area contributed by atoms with Gasteiger partial charge in [-0.25, -0.2) is 0 Å². The van der Waals surface area contributed by atoms with Gasteiger partial charge in [-0.1, -0.05) is 12.1 Å². The van der Waals surface area contributed by atoms with Crippen LogP contribution in [0.4, 0.5) is 0 Å². The lowest BCUT2D eigenvalue weighted by Gasteiger charge is -2.23. The number of benzene rings is 1. The second-order valence-electron chi connectivity index (χ2n) is 5.09. The average molecular weight is 277 g/mol. The molecule has 0 aliphatic carbocycles. The van der Waals surface area contributed by atoms with Gasteiger partial charge in [0.05, 0.1) is 19.4 Å². The Balaban J connectivity index is 2.03. The van der Waals surface area contributed by atoms with Crippen LogP contribution in [-0.4, -0.2) is 41.6 Å². The molecule has 2 unspecified atom stereocenters. The zero-order valence-electron chi connectivity index (χ0n) is 11.7. The summed E-state index contributed by atoms with van der Waals surface area (Å²) < 4.78 is 5.13. The first-order valence-corrected chi connectivity index (χ1v) is 6.68. The van der Waals surface area contributed by atoms with Crippen molar-refractivity contribution in [2.24, 2.45) is 5.92 Å². The van der Waals surface area contributed by atoms with Crippen molar-refractivity contribution in [2.75, 3.05) is 13.7 Å². The van der Waals surface area contributed by atoms with Crippen LogP contribution in [0.3, 0.4) is 0 Å². The molecule has 5 nitrogen and oxygen atoms in total. The van der Waals surface area contributed by atoms with E-state index >= 15 is 0 Å². The van der Waals surface area contributed by atoms with E-state index in [-0.39, 0.29) is 18.4 Å². The van der Waals surface area contributed by atoms with Gasteiger partial charge < -0.3 is 14.7 Å². The molecular weight excluding hydrogens is 258 g/mol. The lowest BCUT2D eigenvalue weighted by molar-refractivity contribution is -0.143. The van der Waals surface area contributed by atoms with Crippen molar-refractivity contribution in [3.05, 3.63) is 29.8 Å². The van der Waals surface area contributed by atoms with Crippen molar-refractivity contribution in [3.8, 4) is 5.75 Å². The smallest absolute Gasteiger partial charge is 0.308 e. The molecule has 0 spiro atoms. The summed E-state index contributed by atoms with van der Waals surface area (Å²) in [5.41, 5.74) is 0.875. The molecule has 1 amide bonds. The monoisotopic (exact) mass is 277 g/mol. The predicted octanol–water partition coefficient (Wildman–Crippen LogP) is 1.56. The van der Waals surface area contributed by atoms with Crippen LogP contribution in [0.15, 0.2) is 24.3 Å². The number of ether oxygens (including phenoxy) is 1. The largest absolute Gasteiger partial charge is 0.497 e. The highest BCUT2D eigenvalue weighted by Gasteiger charge is 2.37. The molecule has 1 N–H and O–H groups in total. The standard InChI is InChI=1S/C15H19NO4/c1-10-13(15(18)19)6-7-16(10)14(17)9-11-4-3-5-12(8-11)20-2/h3-5,8,10,13H,6-7,9H2,1-2H3,(H,18,19). The van der Waals surface area contributed by atoms with Gasteiger partial charge in [-0.15, -0.1) is 0 Å². The van der Waals surface area contributed by atoms with Crippen LogP contribution in [0.5, 0.6) is 5.75 Å². The zero-order valence-corrected chi connectivity index (χ0v) is 11.7. The van der Waals surface area contributed by atoms with Crippen LogP contribution in [0, 0.1) is 5.92 Å². The van der Waals surface area contributed by atoms with Gasteiger partial charge in [0, 0.05) is 12.6 Å². The molecule has 0 saturated carbocycles. The van der Waals surface area contributed by atoms with Gasteiger partial charge in [0.15, 0.2) is 0 Å². The van der Waals surface area contributed by atoms with Gasteiger partial charge in [-0.3, -0.25) is 9.59 Å². The summed E-state index contributed by atoms with van der Waals surface area (Å²) in [6, 6.07) is 7.12. The van der Waals surface area contributed by atoms with Gasteiger partial charge in [0.25, 0.3) is 0 Å². The van der Waals surface area contributed by atoms with Crippen molar-refractivity contribution in [1.82, 2.24) is 4.90 Å². The molecule has 1 aromatic carbocycles. The second-order valence-corrected chi connectivity index (χ2v) is 5.09. The van der Waals surface area contributed by atoms with E-state index in [9.17, 15) is 9.59 Å². The molecule has 0 radical (unpaired) electrons. The first-order chi connectivity index (χ1) is 9.52. The number of carbonyl (C=O) groups is 2. The number of likely N-dealkylation sites (tertiary alicyclic amines) is 1. The van der Waals surface area contributed by atoms with Crippen molar-refractivity contribution >= 4 is 11.9 Å². The highest BCUT2D eigenvalue weighted by molar-refractivity contribution is 5.81. The van der Waals surface area contributed by atoms with Crippen LogP contribution in [0.1, 0.15) is 18.9 Å². The van der Waals surface area contributed by atoms with Crippen LogP contribution >= 0.6 is 0 Å². The molecule has 1 aliphatic rings. The van der Waals surface area contributed by atoms with Gasteiger partial charge >= 0.3 is 5.97 Å². The van der Waals surface area contributed by atoms with Crippen LogP contribution in [0.25, 0.3) is 0 Å². The van der Waals surface area contributed by atoms with Crippen molar-refractivity contribution in [1.29, 1.82) is 0 Å². The molecule has 5 heteroatoms. The molecule has 0 bridgehead atoms. The fraction of sp³-hybridized carbons (Fsp3) is 0.467. The van der Waals surface area contributed by atoms with E-state index in [1.807, 2.05) is 24.3 Å². The SMILES string of the molecule is COc1cccc(CC(=O)N2CCC(C(=O)O)C2C)c1. The predicted molar refractivity (Wildman–Crippen MR) is 73.6 cm³/mol. The lowest BCUT2D eigenvalue weighted by Crippen LogP contribution is -2.38. The zero-order chi connectivity index (χ0) is 14.7. The molecule has 108 valence electrons. The number of amides is 1. The Hall–Kier alpha value is -2.04. The molecule has 20 heavy (non-hydrogen) atoms. The summed E-state index contributed by atoms with van der Waals surface area (Å²) in [6.45, 7) is 2.32. The number of methoxy groups -OCH3 is 1. The van der Waals surface area contributed by atoms with E-state index < -0.39 is 11.9 Å². The highest BCUT2D eigenvalue weighted by Crippen LogP contribution is 2.25. The normalized spacial score (nSPS) is 21.8. The summed E-state index contributed by atoms with van der Waals surface area (Å²) in [6.07, 6.45) is 0.800. The number of nitrogens with zero attached hydrogens (tertiary/aromatic N) is 1. The van der Waals surface area contributed by atoms with Crippen LogP contribution in [0.2, 0.25) is 0 Å². The molecule has 1 aromatic rings. The topological polar surface area (TPSA) is 66.8 Å². The Morgan fingerprint density at radius 1 is 1.45 bits per heavy atom. The van der Waals surface area contributed by atoms with Crippen molar-refractivity contribution in [3.63, 3.8) is 0 Å². The number of carboxylic acids is 1. The highest BCUT2D eigenvalue weighted by atomic mass is 16.5. The number of hydrogen-bond donors (Lipinski definition) is 1. The van der Waals surface area contributed by atoms with Gasteiger partial charge in [0.2, 0.25) is 5.91 Å². The summed E-state index contributed by atoms with van der Waals surface area (Å²) in [5, 5.41) is 9.09. The Morgan fingerprint density at radius 2 is 2.20 bits per heavy atom. The molecule has 2 rings (SSSR count). The molecule has 1 saturated heterocycles. The fourth-order valence-corrected chi connectivity index (χ4v) is 2.68. The first kappa shape index (κ1) is 14.4. The Labute approximate surface area is 118 Å². The van der Waals surface area contributed by atoms with E-state index in [1.165, 1.54) is 0 Å². The van der Waals surface area contributed by atoms with E-state index in [0.717, 1.165) is 5.56 Å². The molecule has 1 aliphatic heterocycles. The van der Waals surface area contributed by atoms with E-state index in [2.05, 4.69) is 0 Å². The number of hydrogen-bond acceptors (Lipinski definition) is 3. The third-order valence-electron chi connectivity index (χ3n) is 3.88. The minimum absolute atomic E-state index is 0.0329. The third kappa shape index (κ3) is 2.92. The van der Waals surface area contributed by atoms with Crippen molar-refractivity contribution in [2.45, 2.75) is 25.8 Å². The average Bonchev–Trinajstić information content (AvgIpc) is 2.81. The van der Waals surface area contributed by atoms with Gasteiger partial charge in [-0.2, -0.15) is 0 Å². The Bertz CT molecular complexity index is 514. The molecule has 1 fully saturated rings. The number of aliphatic carboxylic acids is 1. The second kappa shape index (κ2) is 5.94. The third-order valence-corrected chi connectivity index (χ3v) is 3.88. The van der Waals surface area contributed by atoms with Gasteiger partial charge in [-0.05, 0) is 31.0 Å². The summed E-state index contributed by atoms with van der Waals surface area (Å²) >= 11 is 0. The number of carbonyl (C=O) groups excluding carboxylic acids is 1. The van der Waals surface area contributed by atoms with E-state index in [1.54, 1.807) is 18.9 Å². The fourth-order valence-electron chi connectivity index (χ4n) is 2.68. The minimum atomic E-state index is -0.825. The number of carboxylic acid groups (broad SMARTS) is 1. The summed E-state index contributed by atoms with van der Waals surface area (Å²) in [5.74, 6) is -0.596. The summed E-state index contributed by atoms with van der Waals surface area (Å²) in [4.78, 5) is 25.0. The maximum Gasteiger partial charge on any atom is 0.308 e. The van der Waals surface area contributed by atoms with Gasteiger partial charge in [0.1, 0.15) is 5.75 Å². The number of rotatable bonds is 4. The maximum absolute atomic E-state index is 12.3. The van der Waals surface area contributed by atoms with Crippen LogP contribution < -0.4 is 4.74 Å². The van der Waals surface area contributed by atoms with E-state index in [0.29, 0.717) is 18.7 Å². The molecule has 0 aromatic heterocycles. The molecule has 2 atom stereocenters. The lowest BCUT2D eigenvalue weighted by atomic mass is 10.0. The Morgan fingerprint density at radius 3 is 2.80 bits per heavy atom. The minimum Gasteiger partial charge on any atom is -0.497 e. The molecular formula is C15H19NO4. The summed E-state index contributed by atoms with van der Waals surface area (Å²) in [7, 11) is 1.58. The molecule has 1 heterocycles. The Kier molecular flexibility index (Phi) is 4.27. The van der Waals surface area contributed by atoms with E-state index in [4.69, 9.17) is 9.84 Å². The van der Waals surface area contributed by atoms with Crippen LogP contribution in [-0.2, 0) is 16.0 Å². The maximum atomic E-state index is 12.3. The van der Waals surface area contributed by atoms with Crippen molar-refractivity contribution < 1.29 is 19.4 Å².